The van der Waals surface area contributed by atoms with Crippen molar-refractivity contribution in [2.24, 2.45) is 0 Å². The lowest BCUT2D eigenvalue weighted by atomic mass is 10.1. The summed E-state index contributed by atoms with van der Waals surface area (Å²) in [6.45, 7) is 0. The first-order valence-electron chi connectivity index (χ1n) is 8.01. The Labute approximate surface area is 154 Å². The Kier molecular flexibility index (Phi) is 4.18. The van der Waals surface area contributed by atoms with Crippen LogP contribution in [-0.2, 0) is 0 Å². The summed E-state index contributed by atoms with van der Waals surface area (Å²) in [5, 5.41) is 5.69. The molecular weight excluding hydrogens is 348 g/mol. The first kappa shape index (κ1) is 16.4. The standard InChI is InChI=1S/C20H16N2O3S/c1-24-13-8-10-17(25-2)15(11-13)19(23)22-20-21-16-9-7-12-5-3-4-6-14(12)18(16)26-20/h3-11H,1-2H3,(H,21,22,23). The van der Waals surface area contributed by atoms with Gasteiger partial charge in [0.05, 0.1) is 30.0 Å². The van der Waals surface area contributed by atoms with E-state index in [2.05, 4.69) is 22.4 Å². The Hall–Kier alpha value is -3.12. The van der Waals surface area contributed by atoms with Crippen molar-refractivity contribution < 1.29 is 14.3 Å². The first-order valence-corrected chi connectivity index (χ1v) is 8.83. The lowest BCUT2D eigenvalue weighted by Crippen LogP contribution is -2.13. The van der Waals surface area contributed by atoms with Gasteiger partial charge in [-0.05, 0) is 29.7 Å². The maximum atomic E-state index is 12.7. The summed E-state index contributed by atoms with van der Waals surface area (Å²) in [6.07, 6.45) is 0. The number of fused-ring (bicyclic) bond motifs is 3. The number of anilines is 1. The number of aromatic nitrogens is 1. The van der Waals surface area contributed by atoms with Crippen molar-refractivity contribution in [2.75, 3.05) is 19.5 Å². The second kappa shape index (κ2) is 6.65. The van der Waals surface area contributed by atoms with Crippen LogP contribution >= 0.6 is 11.3 Å². The zero-order valence-corrected chi connectivity index (χ0v) is 15.1. The highest BCUT2D eigenvalue weighted by atomic mass is 32.1. The number of hydrogen-bond donors (Lipinski definition) is 1. The van der Waals surface area contributed by atoms with Crippen LogP contribution in [0, 0.1) is 0 Å². The first-order chi connectivity index (χ1) is 12.7. The molecule has 1 amide bonds. The molecule has 1 N–H and O–H groups in total. The number of amides is 1. The molecule has 0 radical (unpaired) electrons. The van der Waals surface area contributed by atoms with E-state index in [1.165, 1.54) is 18.4 Å². The fraction of sp³-hybridized carbons (Fsp3) is 0.100. The zero-order valence-electron chi connectivity index (χ0n) is 14.3. The van der Waals surface area contributed by atoms with Crippen LogP contribution in [0.3, 0.4) is 0 Å². The van der Waals surface area contributed by atoms with Crippen LogP contribution in [0.2, 0.25) is 0 Å². The predicted octanol–water partition coefficient (Wildman–Crippen LogP) is 4.72. The van der Waals surface area contributed by atoms with E-state index >= 15 is 0 Å². The summed E-state index contributed by atoms with van der Waals surface area (Å²) < 4.78 is 11.5. The van der Waals surface area contributed by atoms with Gasteiger partial charge in [-0.3, -0.25) is 10.1 Å². The van der Waals surface area contributed by atoms with Crippen LogP contribution in [0.5, 0.6) is 11.5 Å². The Morgan fingerprint density at radius 3 is 2.69 bits per heavy atom. The van der Waals surface area contributed by atoms with Crippen molar-refractivity contribution in [3.8, 4) is 11.5 Å². The van der Waals surface area contributed by atoms with E-state index in [4.69, 9.17) is 9.47 Å². The van der Waals surface area contributed by atoms with Gasteiger partial charge in [0.25, 0.3) is 5.91 Å². The van der Waals surface area contributed by atoms with Gasteiger partial charge >= 0.3 is 0 Å². The van der Waals surface area contributed by atoms with Crippen LogP contribution in [0.25, 0.3) is 21.0 Å². The molecule has 0 unspecified atom stereocenters. The molecule has 0 saturated heterocycles. The van der Waals surface area contributed by atoms with Gasteiger partial charge in [0, 0.05) is 5.39 Å². The minimum atomic E-state index is -0.288. The lowest BCUT2D eigenvalue weighted by Gasteiger charge is -2.09. The van der Waals surface area contributed by atoms with Gasteiger partial charge in [0.2, 0.25) is 0 Å². The quantitative estimate of drug-likeness (QED) is 0.569. The summed E-state index contributed by atoms with van der Waals surface area (Å²) in [7, 11) is 3.09. The maximum absolute atomic E-state index is 12.7. The van der Waals surface area contributed by atoms with Gasteiger partial charge in [-0.2, -0.15) is 0 Å². The molecule has 6 heteroatoms. The molecule has 26 heavy (non-hydrogen) atoms. The van der Waals surface area contributed by atoms with Crippen LogP contribution in [-0.4, -0.2) is 25.1 Å². The van der Waals surface area contributed by atoms with E-state index in [1.54, 1.807) is 25.3 Å². The second-order valence-corrected chi connectivity index (χ2v) is 6.67. The summed E-state index contributed by atoms with van der Waals surface area (Å²) in [6, 6.07) is 17.2. The van der Waals surface area contributed by atoms with Crippen LogP contribution in [0.15, 0.2) is 54.6 Å². The van der Waals surface area contributed by atoms with Crippen molar-refractivity contribution in [1.29, 1.82) is 0 Å². The number of thiazole rings is 1. The summed E-state index contributed by atoms with van der Waals surface area (Å²) >= 11 is 1.46. The SMILES string of the molecule is COc1ccc(OC)c(C(=O)Nc2nc3ccc4ccccc4c3s2)c1. The molecule has 1 aromatic heterocycles. The topological polar surface area (TPSA) is 60.5 Å². The fourth-order valence-electron chi connectivity index (χ4n) is 2.87. The maximum Gasteiger partial charge on any atom is 0.261 e. The number of benzene rings is 3. The number of carbonyl (C=O) groups is 1. The number of ether oxygens (including phenoxy) is 2. The minimum absolute atomic E-state index is 0.288. The van der Waals surface area contributed by atoms with Gasteiger partial charge < -0.3 is 9.47 Å². The normalized spacial score (nSPS) is 10.8. The Balaban J connectivity index is 1.71. The molecule has 0 atom stereocenters. The van der Waals surface area contributed by atoms with Gasteiger partial charge in [0.15, 0.2) is 5.13 Å². The van der Waals surface area contributed by atoms with E-state index in [9.17, 15) is 4.79 Å². The minimum Gasteiger partial charge on any atom is -0.497 e. The Morgan fingerprint density at radius 2 is 1.88 bits per heavy atom. The third-order valence-corrected chi connectivity index (χ3v) is 5.17. The van der Waals surface area contributed by atoms with E-state index in [0.717, 1.165) is 21.0 Å². The molecule has 0 fully saturated rings. The Bertz CT molecular complexity index is 1120. The molecule has 130 valence electrons. The third kappa shape index (κ3) is 2.84. The largest absolute Gasteiger partial charge is 0.497 e. The van der Waals surface area contributed by atoms with Crippen molar-refractivity contribution in [2.45, 2.75) is 0 Å². The van der Waals surface area contributed by atoms with Crippen LogP contribution in [0.4, 0.5) is 5.13 Å². The molecule has 4 aromatic rings. The predicted molar refractivity (Wildman–Crippen MR) is 105 cm³/mol. The highest BCUT2D eigenvalue weighted by Gasteiger charge is 2.16. The smallest absolute Gasteiger partial charge is 0.261 e. The highest BCUT2D eigenvalue weighted by Crippen LogP contribution is 2.33. The molecule has 3 aromatic carbocycles. The average molecular weight is 364 g/mol. The lowest BCUT2D eigenvalue weighted by molar-refractivity contribution is 0.102. The highest BCUT2D eigenvalue weighted by molar-refractivity contribution is 7.23. The molecule has 1 heterocycles. The molecule has 0 saturated carbocycles. The molecule has 5 nitrogen and oxygen atoms in total. The summed E-state index contributed by atoms with van der Waals surface area (Å²) in [4.78, 5) is 17.3. The molecule has 0 aliphatic rings. The number of rotatable bonds is 4. The van der Waals surface area contributed by atoms with Crippen molar-refractivity contribution in [3.63, 3.8) is 0 Å². The van der Waals surface area contributed by atoms with Gasteiger partial charge in [-0.15, -0.1) is 0 Å². The molecular formula is C20H16N2O3S. The van der Waals surface area contributed by atoms with Gasteiger partial charge in [-0.25, -0.2) is 4.98 Å². The number of nitrogens with zero attached hydrogens (tertiary/aromatic N) is 1. The summed E-state index contributed by atoms with van der Waals surface area (Å²) in [5.41, 5.74) is 1.26. The molecule has 0 aliphatic heterocycles. The van der Waals surface area contributed by atoms with E-state index in [1.807, 2.05) is 24.3 Å². The third-order valence-electron chi connectivity index (χ3n) is 4.15. The van der Waals surface area contributed by atoms with Crippen molar-refractivity contribution in [3.05, 3.63) is 60.2 Å². The second-order valence-electron chi connectivity index (χ2n) is 5.67. The van der Waals surface area contributed by atoms with Crippen LogP contribution in [0.1, 0.15) is 10.4 Å². The number of nitrogens with one attached hydrogen (secondary N) is 1. The Morgan fingerprint density at radius 1 is 1.04 bits per heavy atom. The van der Waals surface area contributed by atoms with Crippen molar-refractivity contribution >= 4 is 43.4 Å². The number of carbonyl (C=O) groups excluding carboxylic acids is 1. The number of methoxy groups -OCH3 is 2. The fourth-order valence-corrected chi connectivity index (χ4v) is 3.86. The molecule has 0 spiro atoms. The van der Waals surface area contributed by atoms with Gasteiger partial charge in [0.1, 0.15) is 11.5 Å². The van der Waals surface area contributed by atoms with E-state index in [-0.39, 0.29) is 5.91 Å². The molecule has 4 rings (SSSR count). The number of hydrogen-bond acceptors (Lipinski definition) is 5. The summed E-state index contributed by atoms with van der Waals surface area (Å²) in [5.74, 6) is 0.783. The van der Waals surface area contributed by atoms with Crippen LogP contribution < -0.4 is 14.8 Å². The molecule has 0 aliphatic carbocycles. The van der Waals surface area contributed by atoms with E-state index in [0.29, 0.717) is 22.2 Å². The monoisotopic (exact) mass is 364 g/mol. The van der Waals surface area contributed by atoms with E-state index < -0.39 is 0 Å². The van der Waals surface area contributed by atoms with Gasteiger partial charge in [-0.1, -0.05) is 41.7 Å². The zero-order chi connectivity index (χ0) is 18.1. The molecule has 0 bridgehead atoms. The van der Waals surface area contributed by atoms with Crippen molar-refractivity contribution in [1.82, 2.24) is 4.98 Å². The average Bonchev–Trinajstić information content (AvgIpc) is 3.10.